The first kappa shape index (κ1) is 12.5. The van der Waals surface area contributed by atoms with Crippen molar-refractivity contribution in [2.24, 2.45) is 0 Å². The lowest BCUT2D eigenvalue weighted by molar-refractivity contribution is 0.104. The van der Waals surface area contributed by atoms with Gasteiger partial charge in [-0.15, -0.1) is 11.3 Å². The molecule has 0 radical (unpaired) electrons. The van der Waals surface area contributed by atoms with E-state index in [1.54, 1.807) is 13.0 Å². The van der Waals surface area contributed by atoms with Crippen LogP contribution >= 0.6 is 27.3 Å². The van der Waals surface area contributed by atoms with Crippen LogP contribution in [0, 0.1) is 19.7 Å². The minimum Gasteiger partial charge on any atom is -0.288 e. The zero-order chi connectivity index (χ0) is 12.6. The molecule has 1 nitrogen and oxygen atoms in total. The first-order chi connectivity index (χ1) is 7.99. The van der Waals surface area contributed by atoms with Crippen LogP contribution in [0.3, 0.4) is 0 Å². The summed E-state index contributed by atoms with van der Waals surface area (Å²) >= 11 is 4.79. The summed E-state index contributed by atoms with van der Waals surface area (Å²) < 4.78 is 14.1. The van der Waals surface area contributed by atoms with Crippen molar-refractivity contribution in [3.8, 4) is 0 Å². The van der Waals surface area contributed by atoms with Crippen molar-refractivity contribution in [1.82, 2.24) is 0 Å². The van der Waals surface area contributed by atoms with E-state index in [2.05, 4.69) is 15.9 Å². The number of ketones is 1. The molecule has 0 saturated carbocycles. The van der Waals surface area contributed by atoms with Crippen molar-refractivity contribution in [3.05, 3.63) is 55.4 Å². The SMILES string of the molecule is Cc1cc(C(=O)c2cc(C)c(Br)s2)ccc1F. The Morgan fingerprint density at radius 2 is 1.94 bits per heavy atom. The molecular weight excluding hydrogens is 303 g/mol. The fourth-order valence-electron chi connectivity index (χ4n) is 1.50. The standard InChI is InChI=1S/C13H10BrFOS/c1-7-5-9(3-4-10(7)15)12(16)11-6-8(2)13(14)17-11/h3-6H,1-2H3. The van der Waals surface area contributed by atoms with E-state index >= 15 is 0 Å². The predicted molar refractivity (Wildman–Crippen MR) is 71.3 cm³/mol. The van der Waals surface area contributed by atoms with E-state index < -0.39 is 0 Å². The molecule has 2 aromatic rings. The number of halogens is 2. The van der Waals surface area contributed by atoms with Gasteiger partial charge in [0, 0.05) is 5.56 Å². The van der Waals surface area contributed by atoms with E-state index in [0.29, 0.717) is 16.0 Å². The molecule has 1 aromatic heterocycles. The van der Waals surface area contributed by atoms with E-state index in [1.807, 2.05) is 13.0 Å². The van der Waals surface area contributed by atoms with E-state index in [0.717, 1.165) is 9.35 Å². The van der Waals surface area contributed by atoms with Gasteiger partial charge in [-0.2, -0.15) is 0 Å². The molecule has 88 valence electrons. The van der Waals surface area contributed by atoms with Gasteiger partial charge in [0.2, 0.25) is 5.78 Å². The maximum atomic E-state index is 13.1. The molecule has 0 spiro atoms. The maximum Gasteiger partial charge on any atom is 0.203 e. The summed E-state index contributed by atoms with van der Waals surface area (Å²) in [5.74, 6) is -0.350. The molecule has 0 amide bonds. The minimum absolute atomic E-state index is 0.0631. The Balaban J connectivity index is 2.40. The second kappa shape index (κ2) is 4.70. The number of hydrogen-bond donors (Lipinski definition) is 0. The molecule has 1 aromatic carbocycles. The van der Waals surface area contributed by atoms with Gasteiger partial charge in [-0.25, -0.2) is 4.39 Å². The van der Waals surface area contributed by atoms with Crippen LogP contribution in [0.4, 0.5) is 4.39 Å². The zero-order valence-corrected chi connectivity index (χ0v) is 11.8. The summed E-state index contributed by atoms with van der Waals surface area (Å²) in [6, 6.07) is 6.28. The molecule has 0 aliphatic heterocycles. The summed E-state index contributed by atoms with van der Waals surface area (Å²) in [5.41, 5.74) is 2.05. The third-order valence-electron chi connectivity index (χ3n) is 2.50. The van der Waals surface area contributed by atoms with Crippen LogP contribution in [0.1, 0.15) is 26.4 Å². The van der Waals surface area contributed by atoms with Crippen molar-refractivity contribution in [3.63, 3.8) is 0 Å². The highest BCUT2D eigenvalue weighted by molar-refractivity contribution is 9.11. The normalized spacial score (nSPS) is 10.6. The molecule has 0 bridgehead atoms. The summed E-state index contributed by atoms with van der Waals surface area (Å²) in [4.78, 5) is 12.8. The number of aryl methyl sites for hydroxylation is 2. The molecule has 0 unspecified atom stereocenters. The zero-order valence-electron chi connectivity index (χ0n) is 9.38. The van der Waals surface area contributed by atoms with Gasteiger partial charge in [-0.1, -0.05) is 0 Å². The summed E-state index contributed by atoms with van der Waals surface area (Å²) in [7, 11) is 0. The third-order valence-corrected chi connectivity index (χ3v) is 4.64. The molecule has 1 heterocycles. The highest BCUT2D eigenvalue weighted by Gasteiger charge is 2.14. The van der Waals surface area contributed by atoms with Gasteiger partial charge >= 0.3 is 0 Å². The Bertz CT molecular complexity index is 570. The van der Waals surface area contributed by atoms with Crippen molar-refractivity contribution in [2.75, 3.05) is 0 Å². The smallest absolute Gasteiger partial charge is 0.203 e. The van der Waals surface area contributed by atoms with Crippen LogP contribution in [-0.4, -0.2) is 5.78 Å². The van der Waals surface area contributed by atoms with Crippen LogP contribution in [-0.2, 0) is 0 Å². The van der Waals surface area contributed by atoms with E-state index in [1.165, 1.54) is 23.5 Å². The first-order valence-electron chi connectivity index (χ1n) is 5.06. The van der Waals surface area contributed by atoms with Crippen LogP contribution in [0.5, 0.6) is 0 Å². The Kier molecular flexibility index (Phi) is 3.45. The number of benzene rings is 1. The van der Waals surface area contributed by atoms with Crippen molar-refractivity contribution >= 4 is 33.0 Å². The summed E-state index contributed by atoms with van der Waals surface area (Å²) in [6.07, 6.45) is 0. The van der Waals surface area contributed by atoms with Gasteiger partial charge in [-0.3, -0.25) is 4.79 Å². The van der Waals surface area contributed by atoms with E-state index in [4.69, 9.17) is 0 Å². The quantitative estimate of drug-likeness (QED) is 0.746. The lowest BCUT2D eigenvalue weighted by Gasteiger charge is -2.00. The monoisotopic (exact) mass is 312 g/mol. The molecule has 0 aliphatic carbocycles. The topological polar surface area (TPSA) is 17.1 Å². The minimum atomic E-state index is -0.287. The fraction of sp³-hybridized carbons (Fsp3) is 0.154. The van der Waals surface area contributed by atoms with Crippen LogP contribution in [0.25, 0.3) is 0 Å². The molecule has 0 aliphatic rings. The molecule has 2 rings (SSSR count). The van der Waals surface area contributed by atoms with Gasteiger partial charge in [0.15, 0.2) is 0 Å². The molecule has 0 atom stereocenters. The highest BCUT2D eigenvalue weighted by atomic mass is 79.9. The average Bonchev–Trinajstić information content (AvgIpc) is 2.62. The largest absolute Gasteiger partial charge is 0.288 e. The van der Waals surface area contributed by atoms with Crippen LogP contribution < -0.4 is 0 Å². The predicted octanol–water partition coefficient (Wildman–Crippen LogP) is 4.50. The molecule has 4 heteroatoms. The van der Waals surface area contributed by atoms with E-state index in [9.17, 15) is 9.18 Å². The lowest BCUT2D eigenvalue weighted by atomic mass is 10.1. The Labute approximate surface area is 111 Å². The van der Waals surface area contributed by atoms with Crippen LogP contribution in [0.2, 0.25) is 0 Å². The molecular formula is C13H10BrFOS. The lowest BCUT2D eigenvalue weighted by Crippen LogP contribution is -1.99. The summed E-state index contributed by atoms with van der Waals surface area (Å²) in [5, 5.41) is 0. The Hall–Kier alpha value is -1.000. The van der Waals surface area contributed by atoms with Crippen LogP contribution in [0.15, 0.2) is 28.1 Å². The van der Waals surface area contributed by atoms with Crippen molar-refractivity contribution in [1.29, 1.82) is 0 Å². The number of hydrogen-bond acceptors (Lipinski definition) is 2. The van der Waals surface area contributed by atoms with Gasteiger partial charge in [0.1, 0.15) is 5.82 Å². The second-order valence-electron chi connectivity index (χ2n) is 3.86. The second-order valence-corrected chi connectivity index (χ2v) is 6.23. The molecule has 0 fully saturated rings. The Morgan fingerprint density at radius 3 is 2.47 bits per heavy atom. The van der Waals surface area contributed by atoms with Gasteiger partial charge in [-0.05, 0) is 65.2 Å². The summed E-state index contributed by atoms with van der Waals surface area (Å²) in [6.45, 7) is 3.59. The number of carbonyl (C=O) groups is 1. The third kappa shape index (κ3) is 2.48. The first-order valence-corrected chi connectivity index (χ1v) is 6.67. The molecule has 0 saturated heterocycles. The highest BCUT2D eigenvalue weighted by Crippen LogP contribution is 2.29. The maximum absolute atomic E-state index is 13.1. The molecule has 17 heavy (non-hydrogen) atoms. The fourth-order valence-corrected chi connectivity index (χ4v) is 3.00. The Morgan fingerprint density at radius 1 is 1.24 bits per heavy atom. The van der Waals surface area contributed by atoms with Gasteiger partial charge < -0.3 is 0 Å². The molecule has 0 N–H and O–H groups in total. The number of thiophene rings is 1. The van der Waals surface area contributed by atoms with Gasteiger partial charge in [0.25, 0.3) is 0 Å². The number of carbonyl (C=O) groups excluding carboxylic acids is 1. The van der Waals surface area contributed by atoms with Gasteiger partial charge in [0.05, 0.1) is 8.66 Å². The van der Waals surface area contributed by atoms with Crippen molar-refractivity contribution in [2.45, 2.75) is 13.8 Å². The van der Waals surface area contributed by atoms with Crippen molar-refractivity contribution < 1.29 is 9.18 Å². The number of rotatable bonds is 2. The average molecular weight is 313 g/mol. The van der Waals surface area contributed by atoms with E-state index in [-0.39, 0.29) is 11.6 Å².